The number of benzene rings is 3. The summed E-state index contributed by atoms with van der Waals surface area (Å²) in [7, 11) is 3.04. The van der Waals surface area contributed by atoms with Gasteiger partial charge in [0.25, 0.3) is 11.8 Å². The molecule has 1 heterocycles. The molecule has 3 aromatic carbocycles. The summed E-state index contributed by atoms with van der Waals surface area (Å²) in [5, 5.41) is 5.65. The Kier molecular flexibility index (Phi) is 6.64. The van der Waals surface area contributed by atoms with Gasteiger partial charge >= 0.3 is 0 Å². The van der Waals surface area contributed by atoms with Crippen LogP contribution in [0.1, 0.15) is 20.7 Å². The van der Waals surface area contributed by atoms with Crippen molar-refractivity contribution in [1.82, 2.24) is 5.32 Å². The second kappa shape index (κ2) is 9.95. The van der Waals surface area contributed by atoms with Crippen LogP contribution in [-0.2, 0) is 0 Å². The van der Waals surface area contributed by atoms with Gasteiger partial charge in [-0.15, -0.1) is 0 Å². The number of para-hydroxylation sites is 2. The highest BCUT2D eigenvalue weighted by Crippen LogP contribution is 2.31. The van der Waals surface area contributed by atoms with Crippen molar-refractivity contribution in [2.45, 2.75) is 6.10 Å². The minimum absolute atomic E-state index is 0.241. The van der Waals surface area contributed by atoms with Crippen molar-refractivity contribution in [1.29, 1.82) is 0 Å². The number of nitrogens with one attached hydrogen (secondary N) is 2. The van der Waals surface area contributed by atoms with E-state index in [1.54, 1.807) is 42.5 Å². The average molecular weight is 448 g/mol. The van der Waals surface area contributed by atoms with E-state index in [0.717, 1.165) is 0 Å². The number of anilines is 1. The standard InChI is InChI=1S/C25H24N2O6/c1-30-20-12-9-17(13-23(20)31-2)25(29)27-18-10-7-16(8-11-18)24(28)26-14-19-15-32-21-5-3-4-6-22(21)33-19/h3-13,19H,14-15H2,1-2H3,(H,26,28)(H,27,29)/t19-/m1/s1. The van der Waals surface area contributed by atoms with Crippen molar-refractivity contribution in [3.63, 3.8) is 0 Å². The largest absolute Gasteiger partial charge is 0.493 e. The first-order valence-corrected chi connectivity index (χ1v) is 10.4. The van der Waals surface area contributed by atoms with Crippen molar-refractivity contribution in [3.8, 4) is 23.0 Å². The Balaban J connectivity index is 1.31. The number of hydrogen-bond donors (Lipinski definition) is 2. The highest BCUT2D eigenvalue weighted by molar-refractivity contribution is 6.05. The van der Waals surface area contributed by atoms with E-state index in [1.807, 2.05) is 24.3 Å². The average Bonchev–Trinajstić information content (AvgIpc) is 2.87. The van der Waals surface area contributed by atoms with Crippen LogP contribution in [0, 0.1) is 0 Å². The lowest BCUT2D eigenvalue weighted by Crippen LogP contribution is -2.40. The summed E-state index contributed by atoms with van der Waals surface area (Å²) >= 11 is 0. The molecule has 0 fully saturated rings. The van der Waals surface area contributed by atoms with Crippen LogP contribution in [0.25, 0.3) is 0 Å². The van der Waals surface area contributed by atoms with E-state index in [1.165, 1.54) is 14.2 Å². The molecule has 2 amide bonds. The van der Waals surface area contributed by atoms with Crippen molar-refractivity contribution < 1.29 is 28.5 Å². The van der Waals surface area contributed by atoms with Crippen molar-refractivity contribution >= 4 is 17.5 Å². The molecule has 4 rings (SSSR count). The van der Waals surface area contributed by atoms with Crippen LogP contribution in [0.5, 0.6) is 23.0 Å². The van der Waals surface area contributed by atoms with E-state index < -0.39 is 0 Å². The van der Waals surface area contributed by atoms with Gasteiger partial charge in [0, 0.05) is 16.8 Å². The van der Waals surface area contributed by atoms with Crippen LogP contribution in [0.2, 0.25) is 0 Å². The number of fused-ring (bicyclic) bond motifs is 1. The van der Waals surface area contributed by atoms with Gasteiger partial charge in [-0.1, -0.05) is 12.1 Å². The van der Waals surface area contributed by atoms with Gasteiger partial charge in [-0.25, -0.2) is 0 Å². The van der Waals surface area contributed by atoms with Gasteiger partial charge in [0.1, 0.15) is 12.7 Å². The fraction of sp³-hybridized carbons (Fsp3) is 0.200. The van der Waals surface area contributed by atoms with Crippen molar-refractivity contribution in [2.75, 3.05) is 32.7 Å². The molecule has 3 aromatic rings. The Morgan fingerprint density at radius 2 is 1.58 bits per heavy atom. The molecule has 2 N–H and O–H groups in total. The summed E-state index contributed by atoms with van der Waals surface area (Å²) in [5.74, 6) is 1.83. The molecule has 0 saturated carbocycles. The smallest absolute Gasteiger partial charge is 0.255 e. The summed E-state index contributed by atoms with van der Waals surface area (Å²) in [4.78, 5) is 25.1. The van der Waals surface area contributed by atoms with Gasteiger partial charge in [0.05, 0.1) is 20.8 Å². The molecule has 0 saturated heterocycles. The predicted octanol–water partition coefficient (Wildman–Crippen LogP) is 3.53. The lowest BCUT2D eigenvalue weighted by atomic mass is 10.1. The maximum absolute atomic E-state index is 12.6. The first-order chi connectivity index (χ1) is 16.1. The summed E-state index contributed by atoms with van der Waals surface area (Å²) in [6, 6.07) is 19.0. The van der Waals surface area contributed by atoms with Crippen LogP contribution in [0.15, 0.2) is 66.7 Å². The molecular weight excluding hydrogens is 424 g/mol. The molecule has 1 atom stereocenters. The van der Waals surface area contributed by atoms with Crippen molar-refractivity contribution in [3.05, 3.63) is 77.9 Å². The third kappa shape index (κ3) is 5.17. The minimum atomic E-state index is -0.303. The van der Waals surface area contributed by atoms with E-state index >= 15 is 0 Å². The van der Waals surface area contributed by atoms with Gasteiger partial charge in [-0.3, -0.25) is 9.59 Å². The number of carbonyl (C=O) groups is 2. The summed E-state index contributed by atoms with van der Waals surface area (Å²) in [6.45, 7) is 0.670. The lowest BCUT2D eigenvalue weighted by Gasteiger charge is -2.26. The van der Waals surface area contributed by atoms with Crippen molar-refractivity contribution in [2.24, 2.45) is 0 Å². The fourth-order valence-electron chi connectivity index (χ4n) is 3.36. The monoisotopic (exact) mass is 448 g/mol. The Morgan fingerprint density at radius 3 is 2.30 bits per heavy atom. The van der Waals surface area contributed by atoms with Crippen LogP contribution in [-0.4, -0.2) is 45.3 Å². The van der Waals surface area contributed by atoms with Crippen LogP contribution in [0.3, 0.4) is 0 Å². The molecule has 0 radical (unpaired) electrons. The lowest BCUT2D eigenvalue weighted by molar-refractivity contribution is 0.0789. The van der Waals surface area contributed by atoms with Gasteiger partial charge < -0.3 is 29.6 Å². The molecule has 0 spiro atoms. The molecule has 0 aliphatic carbocycles. The first-order valence-electron chi connectivity index (χ1n) is 10.4. The zero-order valence-corrected chi connectivity index (χ0v) is 18.3. The second-order valence-corrected chi connectivity index (χ2v) is 7.31. The third-order valence-electron chi connectivity index (χ3n) is 5.11. The topological polar surface area (TPSA) is 95.1 Å². The third-order valence-corrected chi connectivity index (χ3v) is 5.11. The Morgan fingerprint density at radius 1 is 0.879 bits per heavy atom. The molecule has 170 valence electrons. The van der Waals surface area contributed by atoms with E-state index in [2.05, 4.69) is 10.6 Å². The predicted molar refractivity (Wildman–Crippen MR) is 123 cm³/mol. The zero-order valence-electron chi connectivity index (χ0n) is 18.3. The van der Waals surface area contributed by atoms with Gasteiger partial charge in [-0.2, -0.15) is 0 Å². The number of rotatable bonds is 7. The molecule has 8 nitrogen and oxygen atoms in total. The molecule has 0 unspecified atom stereocenters. The summed E-state index contributed by atoms with van der Waals surface area (Å²) in [6.07, 6.45) is -0.274. The number of hydrogen-bond acceptors (Lipinski definition) is 6. The van der Waals surface area contributed by atoms with E-state index in [9.17, 15) is 9.59 Å². The Hall–Kier alpha value is -4.20. The molecule has 0 bridgehead atoms. The maximum Gasteiger partial charge on any atom is 0.255 e. The molecule has 33 heavy (non-hydrogen) atoms. The number of ether oxygens (including phenoxy) is 4. The maximum atomic E-state index is 12.6. The SMILES string of the molecule is COc1ccc(C(=O)Nc2ccc(C(=O)NC[C@@H]3COc4ccccc4O3)cc2)cc1OC. The summed E-state index contributed by atoms with van der Waals surface area (Å²) < 4.78 is 21.9. The number of methoxy groups -OCH3 is 2. The van der Waals surface area contributed by atoms with Gasteiger partial charge in [0.15, 0.2) is 23.0 Å². The quantitative estimate of drug-likeness (QED) is 0.574. The molecule has 1 aliphatic heterocycles. The summed E-state index contributed by atoms with van der Waals surface area (Å²) in [5.41, 5.74) is 1.45. The highest BCUT2D eigenvalue weighted by Gasteiger charge is 2.21. The van der Waals surface area contributed by atoms with Crippen LogP contribution in [0.4, 0.5) is 5.69 Å². The normalized spacial score (nSPS) is 14.2. The fourth-order valence-corrected chi connectivity index (χ4v) is 3.36. The highest BCUT2D eigenvalue weighted by atomic mass is 16.6. The van der Waals surface area contributed by atoms with Gasteiger partial charge in [0.2, 0.25) is 0 Å². The first kappa shape index (κ1) is 22.0. The molecule has 1 aliphatic rings. The van der Waals surface area contributed by atoms with Gasteiger partial charge in [-0.05, 0) is 54.6 Å². The zero-order chi connectivity index (χ0) is 23.2. The number of amides is 2. The number of carbonyl (C=O) groups excluding carboxylic acids is 2. The van der Waals surface area contributed by atoms with E-state index in [0.29, 0.717) is 53.0 Å². The Labute approximate surface area is 191 Å². The van der Waals surface area contributed by atoms with E-state index in [4.69, 9.17) is 18.9 Å². The Bertz CT molecular complexity index is 1150. The van der Waals surface area contributed by atoms with E-state index in [-0.39, 0.29) is 17.9 Å². The second-order valence-electron chi connectivity index (χ2n) is 7.31. The molecular formula is C25H24N2O6. The minimum Gasteiger partial charge on any atom is -0.493 e. The molecule has 8 heteroatoms. The molecule has 0 aromatic heterocycles. The van der Waals surface area contributed by atoms with Crippen LogP contribution < -0.4 is 29.6 Å². The van der Waals surface area contributed by atoms with Crippen LogP contribution >= 0.6 is 0 Å².